The quantitative estimate of drug-likeness (QED) is 0.291. The molecule has 1 atom stereocenters. The Bertz CT molecular complexity index is 1570. The summed E-state index contributed by atoms with van der Waals surface area (Å²) >= 11 is 4.70. The lowest BCUT2D eigenvalue weighted by Gasteiger charge is -2.24. The van der Waals surface area contributed by atoms with Gasteiger partial charge >= 0.3 is 5.97 Å². The fraction of sp³-hybridized carbons (Fsp3) is 0.222. The number of hydrogen-bond acceptors (Lipinski definition) is 7. The molecular weight excluding hydrogens is 563 g/mol. The Kier molecular flexibility index (Phi) is 8.09. The van der Waals surface area contributed by atoms with Crippen molar-refractivity contribution in [1.29, 1.82) is 0 Å². The van der Waals surface area contributed by atoms with E-state index in [4.69, 9.17) is 14.2 Å². The number of allylic oxidation sites excluding steroid dienone is 1. The lowest BCUT2D eigenvalue weighted by Crippen LogP contribution is -2.39. The summed E-state index contributed by atoms with van der Waals surface area (Å²) in [6.07, 6.45) is 3.35. The van der Waals surface area contributed by atoms with Crippen LogP contribution in [0.5, 0.6) is 11.5 Å². The van der Waals surface area contributed by atoms with Crippen LogP contribution < -0.4 is 24.4 Å². The molecule has 0 unspecified atom stereocenters. The molecule has 0 radical (unpaired) electrons. The van der Waals surface area contributed by atoms with Gasteiger partial charge in [-0.3, -0.25) is 9.36 Å². The van der Waals surface area contributed by atoms with E-state index >= 15 is 0 Å². The van der Waals surface area contributed by atoms with Gasteiger partial charge in [0.1, 0.15) is 12.4 Å². The standard InChI is InChI=1S/C27H24BrFN2O5S/c1-5-11-36-24-19(28)12-16(13-20(24)34-4)14-21-25(32)31-23(17-7-9-18(29)10-8-17)22(26(33)35-6-2)15(3)30-27(31)37-21/h5,7-10,12-14,23H,1,6,11H2,2-4H3/b21-14-/t23-/m0/s1. The molecular formula is C27H24BrFN2O5S. The first kappa shape index (κ1) is 26.6. The average Bonchev–Trinajstić information content (AvgIpc) is 3.17. The Morgan fingerprint density at radius 1 is 1.30 bits per heavy atom. The van der Waals surface area contributed by atoms with Gasteiger partial charge < -0.3 is 14.2 Å². The van der Waals surface area contributed by atoms with Crippen molar-refractivity contribution in [3.8, 4) is 11.5 Å². The zero-order valence-corrected chi connectivity index (χ0v) is 22.8. The molecule has 2 heterocycles. The molecule has 37 heavy (non-hydrogen) atoms. The molecule has 7 nitrogen and oxygen atoms in total. The number of ether oxygens (including phenoxy) is 3. The van der Waals surface area contributed by atoms with Crippen molar-refractivity contribution in [1.82, 2.24) is 4.57 Å². The topological polar surface area (TPSA) is 79.1 Å². The van der Waals surface area contributed by atoms with Crippen LogP contribution in [0.4, 0.5) is 4.39 Å². The van der Waals surface area contributed by atoms with E-state index in [2.05, 4.69) is 27.5 Å². The molecule has 0 spiro atoms. The smallest absolute Gasteiger partial charge is 0.338 e. The molecule has 0 aliphatic carbocycles. The third kappa shape index (κ3) is 5.30. The predicted molar refractivity (Wildman–Crippen MR) is 143 cm³/mol. The number of aromatic nitrogens is 1. The van der Waals surface area contributed by atoms with Crippen LogP contribution in [0.1, 0.15) is 31.0 Å². The summed E-state index contributed by atoms with van der Waals surface area (Å²) < 4.78 is 32.6. The third-order valence-corrected chi connectivity index (χ3v) is 7.17. The second-order valence-electron chi connectivity index (χ2n) is 7.99. The number of esters is 1. The second kappa shape index (κ2) is 11.3. The molecule has 0 saturated heterocycles. The van der Waals surface area contributed by atoms with Crippen LogP contribution in [-0.2, 0) is 9.53 Å². The van der Waals surface area contributed by atoms with Crippen molar-refractivity contribution < 1.29 is 23.4 Å². The van der Waals surface area contributed by atoms with E-state index < -0.39 is 17.8 Å². The van der Waals surface area contributed by atoms with Gasteiger partial charge in [0.25, 0.3) is 5.56 Å². The molecule has 0 bridgehead atoms. The maximum Gasteiger partial charge on any atom is 0.338 e. The van der Waals surface area contributed by atoms with E-state index in [9.17, 15) is 14.0 Å². The molecule has 1 aliphatic heterocycles. The van der Waals surface area contributed by atoms with Gasteiger partial charge in [-0.25, -0.2) is 14.2 Å². The summed E-state index contributed by atoms with van der Waals surface area (Å²) in [5.41, 5.74) is 1.60. The molecule has 2 aromatic carbocycles. The number of thiazole rings is 1. The Morgan fingerprint density at radius 2 is 2.03 bits per heavy atom. The predicted octanol–water partition coefficient (Wildman–Crippen LogP) is 4.27. The maximum absolute atomic E-state index is 13.7. The van der Waals surface area contributed by atoms with Crippen molar-refractivity contribution in [2.45, 2.75) is 19.9 Å². The van der Waals surface area contributed by atoms with E-state index in [1.165, 1.54) is 35.1 Å². The van der Waals surface area contributed by atoms with E-state index in [0.717, 1.165) is 0 Å². The molecule has 192 valence electrons. The molecule has 10 heteroatoms. The number of methoxy groups -OCH3 is 1. The van der Waals surface area contributed by atoms with Gasteiger partial charge in [-0.05, 0) is 71.2 Å². The van der Waals surface area contributed by atoms with Gasteiger partial charge in [-0.2, -0.15) is 0 Å². The van der Waals surface area contributed by atoms with Crippen molar-refractivity contribution in [3.63, 3.8) is 0 Å². The number of carbonyl (C=O) groups is 1. The highest BCUT2D eigenvalue weighted by Gasteiger charge is 2.33. The molecule has 0 N–H and O–H groups in total. The number of benzene rings is 2. The molecule has 0 fully saturated rings. The second-order valence-corrected chi connectivity index (χ2v) is 9.85. The first-order valence-corrected chi connectivity index (χ1v) is 13.0. The molecule has 1 aliphatic rings. The highest BCUT2D eigenvalue weighted by Crippen LogP contribution is 2.37. The summed E-state index contributed by atoms with van der Waals surface area (Å²) in [7, 11) is 1.53. The van der Waals surface area contributed by atoms with E-state index in [1.54, 1.807) is 44.2 Å². The van der Waals surface area contributed by atoms with Gasteiger partial charge in [0, 0.05) is 0 Å². The van der Waals surface area contributed by atoms with Gasteiger partial charge in [-0.1, -0.05) is 36.1 Å². The van der Waals surface area contributed by atoms with Gasteiger partial charge in [0.15, 0.2) is 16.3 Å². The first-order chi connectivity index (χ1) is 17.8. The third-order valence-electron chi connectivity index (χ3n) is 5.60. The van der Waals surface area contributed by atoms with Crippen molar-refractivity contribution in [3.05, 3.63) is 101 Å². The number of halogens is 2. The van der Waals surface area contributed by atoms with Gasteiger partial charge in [0.05, 0.1) is 40.0 Å². The molecule has 4 rings (SSSR count). The van der Waals surface area contributed by atoms with Crippen molar-refractivity contribution >= 4 is 39.3 Å². The summed E-state index contributed by atoms with van der Waals surface area (Å²) in [4.78, 5) is 31.6. The lowest BCUT2D eigenvalue weighted by molar-refractivity contribution is -0.139. The lowest BCUT2D eigenvalue weighted by atomic mass is 9.96. The average molecular weight is 587 g/mol. The van der Waals surface area contributed by atoms with E-state index in [1.807, 2.05) is 6.07 Å². The fourth-order valence-corrected chi connectivity index (χ4v) is 5.63. The van der Waals surface area contributed by atoms with Crippen LogP contribution in [-0.4, -0.2) is 30.9 Å². The Balaban J connectivity index is 1.90. The highest BCUT2D eigenvalue weighted by molar-refractivity contribution is 9.10. The monoisotopic (exact) mass is 586 g/mol. The van der Waals surface area contributed by atoms with Crippen molar-refractivity contribution in [2.24, 2.45) is 4.99 Å². The molecule has 3 aromatic rings. The summed E-state index contributed by atoms with van der Waals surface area (Å²) in [6, 6.07) is 8.46. The van der Waals surface area contributed by atoms with Gasteiger partial charge in [-0.15, -0.1) is 0 Å². The van der Waals surface area contributed by atoms with Crippen molar-refractivity contribution in [2.75, 3.05) is 20.3 Å². The summed E-state index contributed by atoms with van der Waals surface area (Å²) in [5, 5.41) is 0. The summed E-state index contributed by atoms with van der Waals surface area (Å²) in [6.45, 7) is 7.53. The van der Waals surface area contributed by atoms with Crippen LogP contribution >= 0.6 is 27.3 Å². The summed E-state index contributed by atoms with van der Waals surface area (Å²) in [5.74, 6) is 0.0117. The number of hydrogen-bond donors (Lipinski definition) is 0. The fourth-order valence-electron chi connectivity index (χ4n) is 4.01. The Labute approximate surface area is 225 Å². The first-order valence-electron chi connectivity index (χ1n) is 11.3. The van der Waals surface area contributed by atoms with Gasteiger partial charge in [0.2, 0.25) is 0 Å². The van der Waals surface area contributed by atoms with Crippen LogP contribution in [0, 0.1) is 5.82 Å². The number of carbonyl (C=O) groups excluding carboxylic acids is 1. The van der Waals surface area contributed by atoms with Crippen LogP contribution in [0.25, 0.3) is 6.08 Å². The van der Waals surface area contributed by atoms with E-state index in [0.29, 0.717) is 48.7 Å². The highest BCUT2D eigenvalue weighted by atomic mass is 79.9. The Morgan fingerprint density at radius 3 is 2.68 bits per heavy atom. The zero-order chi connectivity index (χ0) is 26.7. The largest absolute Gasteiger partial charge is 0.493 e. The number of nitrogens with zero attached hydrogens (tertiary/aromatic N) is 2. The maximum atomic E-state index is 13.7. The minimum absolute atomic E-state index is 0.166. The molecule has 0 saturated carbocycles. The van der Waals surface area contributed by atoms with E-state index in [-0.39, 0.29) is 17.7 Å². The van der Waals surface area contributed by atoms with Crippen LogP contribution in [0.2, 0.25) is 0 Å². The SMILES string of the molecule is C=CCOc1c(Br)cc(/C=c2\sc3n(c2=O)[C@@H](c2ccc(F)cc2)C(C(=O)OCC)=C(C)N=3)cc1OC. The minimum Gasteiger partial charge on any atom is -0.493 e. The number of fused-ring (bicyclic) bond motifs is 1. The van der Waals surface area contributed by atoms with Crippen LogP contribution in [0.3, 0.4) is 0 Å². The zero-order valence-electron chi connectivity index (χ0n) is 20.4. The minimum atomic E-state index is -0.811. The normalized spacial score (nSPS) is 15.2. The number of rotatable bonds is 8. The Hall–Kier alpha value is -3.50. The molecule has 0 amide bonds. The molecule has 1 aromatic heterocycles. The van der Waals surface area contributed by atoms with Crippen LogP contribution in [0.15, 0.2) is 74.6 Å².